The summed E-state index contributed by atoms with van der Waals surface area (Å²) in [6.07, 6.45) is 24.3. The van der Waals surface area contributed by atoms with Gasteiger partial charge < -0.3 is 10.6 Å². The smallest absolute Gasteiger partial charge is 0.336 e. The minimum atomic E-state index is -1.18. The van der Waals surface area contributed by atoms with E-state index < -0.39 is 23.1 Å². The fourth-order valence-corrected chi connectivity index (χ4v) is 3.30. The molecule has 186 valence electrons. The molecule has 0 bridgehead atoms. The Morgan fingerprint density at radius 3 is 2.24 bits per heavy atom. The zero-order valence-electron chi connectivity index (χ0n) is 20.0. The molecule has 1 rings (SSSR count). The summed E-state index contributed by atoms with van der Waals surface area (Å²) in [5.41, 5.74) is -2.10. The van der Waals surface area contributed by atoms with Gasteiger partial charge in [-0.3, -0.25) is 9.78 Å². The standard InChI is InChI=1S/C25H41FN4O3/c1-2-3-4-5-6-7-8-9-10-11-12-13-14-15-16-17-18-27-19-20-28-24(32)30-21-22(26)23(31)29-25(30)33/h6-7,9-10,21,27H,2-5,8,11-20H2,1H3,(H,28,32)(H,29,31,33)/b7-6-,10-9-. The molecule has 33 heavy (non-hydrogen) atoms. The first kappa shape index (κ1) is 28.6. The number of unbranched alkanes of at least 4 members (excludes halogenated alkanes) is 9. The Kier molecular flexibility index (Phi) is 16.5. The highest BCUT2D eigenvalue weighted by Crippen LogP contribution is 2.07. The molecule has 1 amide bonds. The number of hydrogen-bond donors (Lipinski definition) is 3. The number of carbonyl (C=O) groups excluding carboxylic acids is 1. The average molecular weight is 465 g/mol. The molecule has 1 heterocycles. The number of nitrogens with one attached hydrogen (secondary N) is 3. The van der Waals surface area contributed by atoms with Crippen LogP contribution in [0.2, 0.25) is 0 Å². The third-order valence-electron chi connectivity index (χ3n) is 5.25. The maximum Gasteiger partial charge on any atom is 0.336 e. The summed E-state index contributed by atoms with van der Waals surface area (Å²) in [5, 5.41) is 5.74. The van der Waals surface area contributed by atoms with Crippen molar-refractivity contribution >= 4 is 6.03 Å². The van der Waals surface area contributed by atoms with Crippen LogP contribution in [0.25, 0.3) is 0 Å². The minimum Gasteiger partial charge on any atom is -0.336 e. The SMILES string of the molecule is CCCCC/C=C\C/C=C\CCCCCCCCNCCNC(=O)n1cc(F)c(=O)[nH]c1=O. The van der Waals surface area contributed by atoms with E-state index in [2.05, 4.69) is 41.9 Å². The number of aromatic nitrogens is 2. The van der Waals surface area contributed by atoms with Crippen LogP contribution in [0.4, 0.5) is 9.18 Å². The molecule has 8 heteroatoms. The fourth-order valence-electron chi connectivity index (χ4n) is 3.30. The van der Waals surface area contributed by atoms with Gasteiger partial charge in [0.05, 0.1) is 6.20 Å². The van der Waals surface area contributed by atoms with Crippen LogP contribution in [-0.2, 0) is 0 Å². The number of nitrogens with zero attached hydrogens (tertiary/aromatic N) is 1. The van der Waals surface area contributed by atoms with Crippen molar-refractivity contribution in [3.63, 3.8) is 0 Å². The van der Waals surface area contributed by atoms with Crippen LogP contribution in [0.3, 0.4) is 0 Å². The number of amides is 1. The number of carbonyl (C=O) groups is 1. The number of H-pyrrole nitrogens is 1. The summed E-state index contributed by atoms with van der Waals surface area (Å²) >= 11 is 0. The second kappa shape index (κ2) is 19.0. The van der Waals surface area contributed by atoms with Gasteiger partial charge in [0.15, 0.2) is 0 Å². The Bertz CT molecular complexity index is 830. The van der Waals surface area contributed by atoms with Gasteiger partial charge in [0, 0.05) is 13.1 Å². The molecule has 0 radical (unpaired) electrons. The Balaban J connectivity index is 1.90. The Hall–Kier alpha value is -2.48. The molecule has 0 atom stereocenters. The molecule has 0 aliphatic rings. The lowest BCUT2D eigenvalue weighted by Gasteiger charge is -2.08. The number of rotatable bonds is 18. The quantitative estimate of drug-likeness (QED) is 0.218. The van der Waals surface area contributed by atoms with Crippen LogP contribution < -0.4 is 21.9 Å². The molecule has 0 unspecified atom stereocenters. The first-order valence-electron chi connectivity index (χ1n) is 12.4. The van der Waals surface area contributed by atoms with Crippen LogP contribution in [0.15, 0.2) is 40.1 Å². The van der Waals surface area contributed by atoms with Gasteiger partial charge in [-0.2, -0.15) is 4.39 Å². The van der Waals surface area contributed by atoms with E-state index in [4.69, 9.17) is 0 Å². The van der Waals surface area contributed by atoms with Crippen molar-refractivity contribution < 1.29 is 9.18 Å². The molecule has 0 saturated heterocycles. The Morgan fingerprint density at radius 1 is 0.909 bits per heavy atom. The number of hydrogen-bond acceptors (Lipinski definition) is 4. The van der Waals surface area contributed by atoms with Crippen molar-refractivity contribution in [2.45, 2.75) is 84.0 Å². The second-order valence-corrected chi connectivity index (χ2v) is 8.17. The summed E-state index contributed by atoms with van der Waals surface area (Å²) in [6.45, 7) is 3.94. The number of halogens is 1. The Morgan fingerprint density at radius 2 is 1.55 bits per heavy atom. The van der Waals surface area contributed by atoms with Gasteiger partial charge in [-0.15, -0.1) is 0 Å². The summed E-state index contributed by atoms with van der Waals surface area (Å²) in [6, 6.07) is -0.773. The first-order chi connectivity index (χ1) is 16.1. The third-order valence-corrected chi connectivity index (χ3v) is 5.25. The molecule has 1 aromatic heterocycles. The lowest BCUT2D eigenvalue weighted by Crippen LogP contribution is -2.42. The molecule has 0 fully saturated rings. The number of aromatic amines is 1. The molecular formula is C25H41FN4O3. The van der Waals surface area contributed by atoms with Crippen molar-refractivity contribution in [1.82, 2.24) is 20.2 Å². The van der Waals surface area contributed by atoms with E-state index >= 15 is 0 Å². The molecule has 3 N–H and O–H groups in total. The predicted octanol–water partition coefficient (Wildman–Crippen LogP) is 4.64. The first-order valence-corrected chi connectivity index (χ1v) is 12.4. The van der Waals surface area contributed by atoms with Crippen molar-refractivity contribution in [1.29, 1.82) is 0 Å². The van der Waals surface area contributed by atoms with Gasteiger partial charge in [-0.1, -0.05) is 69.8 Å². The van der Waals surface area contributed by atoms with Crippen LogP contribution in [-0.4, -0.2) is 35.2 Å². The topological polar surface area (TPSA) is 96.0 Å². The van der Waals surface area contributed by atoms with E-state index in [-0.39, 0.29) is 0 Å². The molecular weight excluding hydrogens is 423 g/mol. The van der Waals surface area contributed by atoms with Crippen LogP contribution in [0, 0.1) is 5.82 Å². The van der Waals surface area contributed by atoms with Gasteiger partial charge >= 0.3 is 11.7 Å². The largest absolute Gasteiger partial charge is 0.336 e. The van der Waals surface area contributed by atoms with Gasteiger partial charge in [0.1, 0.15) is 0 Å². The molecule has 0 saturated carbocycles. The Labute approximate surface area is 196 Å². The third kappa shape index (κ3) is 14.3. The van der Waals surface area contributed by atoms with E-state index in [1.54, 1.807) is 4.98 Å². The van der Waals surface area contributed by atoms with Gasteiger partial charge in [-0.25, -0.2) is 14.2 Å². The summed E-state index contributed by atoms with van der Waals surface area (Å²) in [5.74, 6) is -1.18. The van der Waals surface area contributed by atoms with E-state index in [9.17, 15) is 18.8 Å². The lowest BCUT2D eigenvalue weighted by molar-refractivity contribution is 0.240. The van der Waals surface area contributed by atoms with Gasteiger partial charge in [-0.05, 0) is 45.1 Å². The highest BCUT2D eigenvalue weighted by Gasteiger charge is 2.09. The van der Waals surface area contributed by atoms with Crippen LogP contribution in [0.1, 0.15) is 84.0 Å². The molecule has 1 aromatic rings. The van der Waals surface area contributed by atoms with E-state index in [1.165, 1.54) is 57.8 Å². The van der Waals surface area contributed by atoms with E-state index in [1.807, 2.05) is 0 Å². The molecule has 0 aromatic carbocycles. The molecule has 0 aliphatic heterocycles. The van der Waals surface area contributed by atoms with Crippen LogP contribution >= 0.6 is 0 Å². The lowest BCUT2D eigenvalue weighted by atomic mass is 10.1. The zero-order chi connectivity index (χ0) is 24.2. The highest BCUT2D eigenvalue weighted by atomic mass is 19.1. The van der Waals surface area contributed by atoms with Crippen LogP contribution in [0.5, 0.6) is 0 Å². The minimum absolute atomic E-state index is 0.300. The van der Waals surface area contributed by atoms with Crippen molar-refractivity contribution in [3.05, 3.63) is 57.2 Å². The highest BCUT2D eigenvalue weighted by molar-refractivity contribution is 5.76. The number of allylic oxidation sites excluding steroid dienone is 4. The predicted molar refractivity (Wildman–Crippen MR) is 132 cm³/mol. The second-order valence-electron chi connectivity index (χ2n) is 8.17. The van der Waals surface area contributed by atoms with Gasteiger partial charge in [0.2, 0.25) is 5.82 Å². The van der Waals surface area contributed by atoms with Gasteiger partial charge in [0.25, 0.3) is 5.56 Å². The maximum absolute atomic E-state index is 13.2. The monoisotopic (exact) mass is 464 g/mol. The normalized spacial score (nSPS) is 11.6. The summed E-state index contributed by atoms with van der Waals surface area (Å²) < 4.78 is 13.7. The molecule has 0 aliphatic carbocycles. The zero-order valence-corrected chi connectivity index (χ0v) is 20.0. The van der Waals surface area contributed by atoms with Crippen molar-refractivity contribution in [2.75, 3.05) is 19.6 Å². The maximum atomic E-state index is 13.2. The average Bonchev–Trinajstić information content (AvgIpc) is 2.80. The van der Waals surface area contributed by atoms with Crippen molar-refractivity contribution in [2.24, 2.45) is 0 Å². The molecule has 0 spiro atoms. The van der Waals surface area contributed by atoms with E-state index in [0.717, 1.165) is 25.8 Å². The summed E-state index contributed by atoms with van der Waals surface area (Å²) in [4.78, 5) is 36.1. The fraction of sp³-hybridized carbons (Fsp3) is 0.640. The van der Waals surface area contributed by atoms with E-state index in [0.29, 0.717) is 23.9 Å². The summed E-state index contributed by atoms with van der Waals surface area (Å²) in [7, 11) is 0. The van der Waals surface area contributed by atoms with Crippen molar-refractivity contribution in [3.8, 4) is 0 Å². The molecule has 7 nitrogen and oxygen atoms in total.